The van der Waals surface area contributed by atoms with Gasteiger partial charge >= 0.3 is 0 Å². The molecule has 0 spiro atoms. The maximum absolute atomic E-state index is 8.93. The van der Waals surface area contributed by atoms with Crippen molar-refractivity contribution < 1.29 is 9.84 Å². The molecule has 0 aliphatic rings. The van der Waals surface area contributed by atoms with Gasteiger partial charge in [0.1, 0.15) is 0 Å². The molecule has 0 radical (unpaired) electrons. The molecular formula is C12H15NO2. The Morgan fingerprint density at radius 3 is 2.40 bits per heavy atom. The summed E-state index contributed by atoms with van der Waals surface area (Å²) in [6.07, 6.45) is -0.587. The minimum absolute atomic E-state index is 0.0665. The zero-order chi connectivity index (χ0) is 11.3. The third kappa shape index (κ3) is 3.35. The third-order valence-corrected chi connectivity index (χ3v) is 2.04. The van der Waals surface area contributed by atoms with E-state index in [4.69, 9.17) is 15.1 Å². The first-order chi connectivity index (χ1) is 7.17. The number of aliphatic hydroxyl groups is 1. The van der Waals surface area contributed by atoms with E-state index in [1.807, 2.05) is 32.0 Å². The number of rotatable bonds is 4. The Hall–Kier alpha value is -1.37. The standard InChI is InChI=1S/C12H15NO2/c1-9-5-10(2)7-11(6-9)12(8-13)15-4-3-14/h5-7,12,14H,3-4H2,1-2H3. The van der Waals surface area contributed by atoms with E-state index in [9.17, 15) is 0 Å². The van der Waals surface area contributed by atoms with Gasteiger partial charge in [-0.2, -0.15) is 5.26 Å². The Bertz CT molecular complexity index is 348. The van der Waals surface area contributed by atoms with Gasteiger partial charge in [-0.15, -0.1) is 0 Å². The number of benzene rings is 1. The lowest BCUT2D eigenvalue weighted by Crippen LogP contribution is -2.06. The number of ether oxygens (including phenoxy) is 1. The van der Waals surface area contributed by atoms with E-state index in [0.29, 0.717) is 0 Å². The number of hydrogen-bond donors (Lipinski definition) is 1. The van der Waals surface area contributed by atoms with Crippen LogP contribution in [0, 0.1) is 25.2 Å². The number of hydrogen-bond acceptors (Lipinski definition) is 3. The molecule has 0 amide bonds. The van der Waals surface area contributed by atoms with Crippen molar-refractivity contribution in [2.45, 2.75) is 20.0 Å². The molecule has 0 saturated carbocycles. The molecule has 1 aromatic carbocycles. The Balaban J connectivity index is 2.87. The average Bonchev–Trinajstić information content (AvgIpc) is 2.17. The Labute approximate surface area is 89.9 Å². The first-order valence-corrected chi connectivity index (χ1v) is 4.87. The molecule has 3 nitrogen and oxygen atoms in total. The third-order valence-electron chi connectivity index (χ3n) is 2.04. The second-order valence-electron chi connectivity index (χ2n) is 3.52. The minimum Gasteiger partial charge on any atom is -0.394 e. The number of aliphatic hydroxyl groups excluding tert-OH is 1. The second-order valence-corrected chi connectivity index (χ2v) is 3.52. The van der Waals surface area contributed by atoms with Gasteiger partial charge in [0.25, 0.3) is 0 Å². The Kier molecular flexibility index (Phi) is 4.29. The van der Waals surface area contributed by atoms with Crippen LogP contribution in [0.2, 0.25) is 0 Å². The van der Waals surface area contributed by atoms with Crippen LogP contribution in [0.5, 0.6) is 0 Å². The molecule has 1 rings (SSSR count). The summed E-state index contributed by atoms with van der Waals surface area (Å²) in [6, 6.07) is 7.98. The van der Waals surface area contributed by atoms with Gasteiger partial charge in [0.15, 0.2) is 6.10 Å². The van der Waals surface area contributed by atoms with Crippen molar-refractivity contribution in [3.05, 3.63) is 34.9 Å². The summed E-state index contributed by atoms with van der Waals surface area (Å²) in [7, 11) is 0. The van der Waals surface area contributed by atoms with Gasteiger partial charge in [0.2, 0.25) is 0 Å². The quantitative estimate of drug-likeness (QED) is 0.816. The van der Waals surface area contributed by atoms with Crippen molar-refractivity contribution >= 4 is 0 Å². The summed E-state index contributed by atoms with van der Waals surface area (Å²) in [5.74, 6) is 0. The molecular weight excluding hydrogens is 190 g/mol. The average molecular weight is 205 g/mol. The molecule has 1 aromatic rings. The van der Waals surface area contributed by atoms with Crippen molar-refractivity contribution in [2.75, 3.05) is 13.2 Å². The molecule has 15 heavy (non-hydrogen) atoms. The lowest BCUT2D eigenvalue weighted by atomic mass is 10.0. The van der Waals surface area contributed by atoms with Crippen molar-refractivity contribution in [1.82, 2.24) is 0 Å². The molecule has 1 N–H and O–H groups in total. The van der Waals surface area contributed by atoms with E-state index in [2.05, 4.69) is 6.07 Å². The van der Waals surface area contributed by atoms with Crippen LogP contribution in [0.1, 0.15) is 22.8 Å². The summed E-state index contributed by atoms with van der Waals surface area (Å²) in [4.78, 5) is 0. The van der Waals surface area contributed by atoms with Crippen LogP contribution in [0.15, 0.2) is 18.2 Å². The van der Waals surface area contributed by atoms with E-state index in [-0.39, 0.29) is 13.2 Å². The molecule has 1 atom stereocenters. The highest BCUT2D eigenvalue weighted by molar-refractivity contribution is 5.32. The molecule has 3 heteroatoms. The number of nitriles is 1. The fourth-order valence-electron chi connectivity index (χ4n) is 1.54. The van der Waals surface area contributed by atoms with E-state index in [1.165, 1.54) is 0 Å². The monoisotopic (exact) mass is 205 g/mol. The van der Waals surface area contributed by atoms with E-state index < -0.39 is 6.10 Å². The van der Waals surface area contributed by atoms with Crippen molar-refractivity contribution in [3.8, 4) is 6.07 Å². The Morgan fingerprint density at radius 2 is 1.93 bits per heavy atom. The number of nitrogens with zero attached hydrogens (tertiary/aromatic N) is 1. The molecule has 0 heterocycles. The van der Waals surface area contributed by atoms with Crippen LogP contribution in [0.3, 0.4) is 0 Å². The van der Waals surface area contributed by atoms with Crippen LogP contribution in [-0.4, -0.2) is 18.3 Å². The second kappa shape index (κ2) is 5.50. The van der Waals surface area contributed by atoms with Crippen LogP contribution in [0.4, 0.5) is 0 Å². The molecule has 0 fully saturated rings. The van der Waals surface area contributed by atoms with Crippen LogP contribution < -0.4 is 0 Å². The van der Waals surface area contributed by atoms with Gasteiger partial charge in [-0.1, -0.05) is 29.3 Å². The van der Waals surface area contributed by atoms with Crippen molar-refractivity contribution in [2.24, 2.45) is 0 Å². The minimum atomic E-state index is -0.587. The first-order valence-electron chi connectivity index (χ1n) is 4.87. The molecule has 0 aliphatic heterocycles. The molecule has 1 unspecified atom stereocenters. The van der Waals surface area contributed by atoms with Gasteiger partial charge in [-0.25, -0.2) is 0 Å². The van der Waals surface area contributed by atoms with Gasteiger partial charge in [0, 0.05) is 0 Å². The zero-order valence-electron chi connectivity index (χ0n) is 9.03. The molecule has 0 aliphatic carbocycles. The lowest BCUT2D eigenvalue weighted by Gasteiger charge is -2.11. The molecule has 0 aromatic heterocycles. The van der Waals surface area contributed by atoms with Crippen LogP contribution in [-0.2, 0) is 4.74 Å². The Morgan fingerprint density at radius 1 is 1.33 bits per heavy atom. The molecule has 0 saturated heterocycles. The van der Waals surface area contributed by atoms with Crippen molar-refractivity contribution in [1.29, 1.82) is 5.26 Å². The van der Waals surface area contributed by atoms with Gasteiger partial charge in [-0.3, -0.25) is 0 Å². The van der Waals surface area contributed by atoms with E-state index >= 15 is 0 Å². The van der Waals surface area contributed by atoms with Gasteiger partial charge < -0.3 is 9.84 Å². The predicted molar refractivity (Wildman–Crippen MR) is 57.3 cm³/mol. The summed E-state index contributed by atoms with van der Waals surface area (Å²) in [6.45, 7) is 4.09. The highest BCUT2D eigenvalue weighted by atomic mass is 16.5. The SMILES string of the molecule is Cc1cc(C)cc(C(C#N)OCCO)c1. The predicted octanol–water partition coefficient (Wildman–Crippen LogP) is 1.88. The fourth-order valence-corrected chi connectivity index (χ4v) is 1.54. The summed E-state index contributed by atoms with van der Waals surface area (Å²) in [5, 5.41) is 17.6. The highest BCUT2D eigenvalue weighted by Gasteiger charge is 2.11. The first kappa shape index (κ1) is 11.7. The summed E-state index contributed by atoms with van der Waals surface area (Å²) >= 11 is 0. The maximum Gasteiger partial charge on any atom is 0.169 e. The smallest absolute Gasteiger partial charge is 0.169 e. The highest BCUT2D eigenvalue weighted by Crippen LogP contribution is 2.19. The van der Waals surface area contributed by atoms with Gasteiger partial charge in [-0.05, 0) is 19.4 Å². The van der Waals surface area contributed by atoms with E-state index in [1.54, 1.807) is 0 Å². The molecule has 0 bridgehead atoms. The molecule has 80 valence electrons. The normalized spacial score (nSPS) is 12.1. The topological polar surface area (TPSA) is 53.2 Å². The summed E-state index contributed by atoms with van der Waals surface area (Å²) < 4.78 is 5.23. The van der Waals surface area contributed by atoms with Crippen LogP contribution >= 0.6 is 0 Å². The largest absolute Gasteiger partial charge is 0.394 e. The van der Waals surface area contributed by atoms with E-state index in [0.717, 1.165) is 16.7 Å². The zero-order valence-corrected chi connectivity index (χ0v) is 9.03. The van der Waals surface area contributed by atoms with Crippen LogP contribution in [0.25, 0.3) is 0 Å². The number of aryl methyl sites for hydroxylation is 2. The van der Waals surface area contributed by atoms with Crippen molar-refractivity contribution in [3.63, 3.8) is 0 Å². The fraction of sp³-hybridized carbons (Fsp3) is 0.417. The lowest BCUT2D eigenvalue weighted by molar-refractivity contribution is 0.0581. The maximum atomic E-state index is 8.93. The van der Waals surface area contributed by atoms with Gasteiger partial charge in [0.05, 0.1) is 19.3 Å². The summed E-state index contributed by atoms with van der Waals surface area (Å²) in [5.41, 5.74) is 3.07.